The van der Waals surface area contributed by atoms with E-state index in [-0.39, 0.29) is 5.56 Å². The summed E-state index contributed by atoms with van der Waals surface area (Å²) in [6.45, 7) is 3.87. The molecule has 0 aliphatic heterocycles. The third-order valence-electron chi connectivity index (χ3n) is 2.11. The second-order valence-electron chi connectivity index (χ2n) is 3.61. The molecule has 1 aromatic rings. The van der Waals surface area contributed by atoms with E-state index in [0.29, 0.717) is 0 Å². The van der Waals surface area contributed by atoms with Crippen LogP contribution in [-0.4, -0.2) is 4.98 Å². The molecule has 0 radical (unpaired) electrons. The van der Waals surface area contributed by atoms with Crippen molar-refractivity contribution in [2.45, 2.75) is 20.3 Å². The van der Waals surface area contributed by atoms with Gasteiger partial charge in [-0.05, 0) is 31.1 Å². The highest BCUT2D eigenvalue weighted by Crippen LogP contribution is 2.13. The molecule has 0 aliphatic carbocycles. The topological polar surface area (TPSA) is 32.9 Å². The summed E-state index contributed by atoms with van der Waals surface area (Å²) in [5, 5.41) is 0.721. The van der Waals surface area contributed by atoms with E-state index >= 15 is 0 Å². The maximum atomic E-state index is 11.2. The second kappa shape index (κ2) is 6.92. The average molecular weight is 250 g/mol. The predicted octanol–water partition coefficient (Wildman–Crippen LogP) is 3.87. The summed E-state index contributed by atoms with van der Waals surface area (Å²) in [5.41, 5.74) is 1.71. The molecule has 1 N–H and O–H groups in total. The lowest BCUT2D eigenvalue weighted by Crippen LogP contribution is -2.05. The fraction of sp³-hybridized carbons (Fsp3) is 0.214. The van der Waals surface area contributed by atoms with E-state index in [4.69, 9.17) is 11.6 Å². The van der Waals surface area contributed by atoms with E-state index in [0.717, 1.165) is 22.7 Å². The van der Waals surface area contributed by atoms with Gasteiger partial charge in [-0.1, -0.05) is 42.8 Å². The number of aromatic amines is 1. The van der Waals surface area contributed by atoms with Gasteiger partial charge in [0.1, 0.15) is 0 Å². The van der Waals surface area contributed by atoms with Crippen LogP contribution < -0.4 is 5.56 Å². The van der Waals surface area contributed by atoms with E-state index in [1.165, 1.54) is 6.07 Å². The SMILES string of the molecule is CC/C=C(/C=C\C=C(/C)Cl)c1cccc(=O)[nH]1. The van der Waals surface area contributed by atoms with Crippen LogP contribution in [0.4, 0.5) is 0 Å². The Morgan fingerprint density at radius 1 is 1.47 bits per heavy atom. The van der Waals surface area contributed by atoms with Crippen LogP contribution in [0.25, 0.3) is 5.57 Å². The highest BCUT2D eigenvalue weighted by Gasteiger charge is 1.97. The third-order valence-corrected chi connectivity index (χ3v) is 2.23. The quantitative estimate of drug-likeness (QED) is 0.808. The predicted molar refractivity (Wildman–Crippen MR) is 74.1 cm³/mol. The van der Waals surface area contributed by atoms with Gasteiger partial charge in [0.05, 0.1) is 0 Å². The molecular weight excluding hydrogens is 234 g/mol. The van der Waals surface area contributed by atoms with Crippen LogP contribution in [0.3, 0.4) is 0 Å². The molecule has 17 heavy (non-hydrogen) atoms. The average Bonchev–Trinajstić information content (AvgIpc) is 2.27. The highest BCUT2D eigenvalue weighted by molar-refractivity contribution is 6.29. The molecule has 3 heteroatoms. The Hall–Kier alpha value is -1.54. The van der Waals surface area contributed by atoms with Gasteiger partial charge in [0.15, 0.2) is 0 Å². The summed E-state index contributed by atoms with van der Waals surface area (Å²) in [4.78, 5) is 14.0. The summed E-state index contributed by atoms with van der Waals surface area (Å²) >= 11 is 5.74. The normalized spacial score (nSPS) is 13.4. The fourth-order valence-electron chi connectivity index (χ4n) is 1.39. The van der Waals surface area contributed by atoms with Gasteiger partial charge >= 0.3 is 0 Å². The second-order valence-corrected chi connectivity index (χ2v) is 4.21. The first kappa shape index (κ1) is 13.5. The first-order valence-corrected chi connectivity index (χ1v) is 5.91. The van der Waals surface area contributed by atoms with E-state index in [2.05, 4.69) is 18.0 Å². The number of pyridine rings is 1. The van der Waals surface area contributed by atoms with Gasteiger partial charge in [0.25, 0.3) is 0 Å². The van der Waals surface area contributed by atoms with Crippen molar-refractivity contribution in [3.63, 3.8) is 0 Å². The highest BCUT2D eigenvalue weighted by atomic mass is 35.5. The van der Waals surface area contributed by atoms with Crippen molar-refractivity contribution in [2.24, 2.45) is 0 Å². The van der Waals surface area contributed by atoms with Gasteiger partial charge in [0, 0.05) is 16.8 Å². The molecule has 0 saturated heterocycles. The van der Waals surface area contributed by atoms with E-state index < -0.39 is 0 Å². The largest absolute Gasteiger partial charge is 0.322 e. The van der Waals surface area contributed by atoms with Crippen LogP contribution in [0.15, 0.2) is 52.3 Å². The van der Waals surface area contributed by atoms with Crippen molar-refractivity contribution in [1.82, 2.24) is 4.98 Å². The zero-order chi connectivity index (χ0) is 12.7. The van der Waals surface area contributed by atoms with Crippen LogP contribution in [0.5, 0.6) is 0 Å². The molecule has 90 valence electrons. The number of rotatable bonds is 4. The molecule has 1 rings (SSSR count). The molecule has 0 aromatic carbocycles. The lowest BCUT2D eigenvalue weighted by molar-refractivity contribution is 1.18. The van der Waals surface area contributed by atoms with Crippen LogP contribution >= 0.6 is 11.6 Å². The Balaban J connectivity index is 3.03. The lowest BCUT2D eigenvalue weighted by atomic mass is 10.1. The maximum absolute atomic E-state index is 11.2. The summed E-state index contributed by atoms with van der Waals surface area (Å²) in [7, 11) is 0. The van der Waals surface area contributed by atoms with Crippen molar-refractivity contribution < 1.29 is 0 Å². The summed E-state index contributed by atoms with van der Waals surface area (Å²) in [6, 6.07) is 5.12. The van der Waals surface area contributed by atoms with Gasteiger partial charge in [-0.15, -0.1) is 0 Å². The first-order chi connectivity index (χ1) is 8.13. The molecule has 2 nitrogen and oxygen atoms in total. The number of nitrogens with one attached hydrogen (secondary N) is 1. The Labute approximate surface area is 106 Å². The van der Waals surface area contributed by atoms with Crippen molar-refractivity contribution in [1.29, 1.82) is 0 Å². The molecule has 0 aliphatic rings. The number of H-pyrrole nitrogens is 1. The minimum Gasteiger partial charge on any atom is -0.322 e. The number of hydrogen-bond acceptors (Lipinski definition) is 1. The molecule has 1 heterocycles. The monoisotopic (exact) mass is 249 g/mol. The zero-order valence-corrected chi connectivity index (χ0v) is 10.8. The molecule has 0 amide bonds. The van der Waals surface area contributed by atoms with Gasteiger partial charge in [-0.3, -0.25) is 4.79 Å². The number of aromatic nitrogens is 1. The molecule has 0 unspecified atom stereocenters. The minimum absolute atomic E-state index is 0.0954. The number of allylic oxidation sites excluding steroid dienone is 6. The molecule has 0 atom stereocenters. The summed E-state index contributed by atoms with van der Waals surface area (Å²) in [5.74, 6) is 0. The molecule has 1 aromatic heterocycles. The molecule has 0 saturated carbocycles. The van der Waals surface area contributed by atoms with Gasteiger partial charge in [0.2, 0.25) is 5.56 Å². The summed E-state index contributed by atoms with van der Waals surface area (Å²) in [6.07, 6.45) is 8.57. The smallest absolute Gasteiger partial charge is 0.248 e. The number of hydrogen-bond donors (Lipinski definition) is 1. The van der Waals surface area contributed by atoms with Gasteiger partial charge in [-0.2, -0.15) is 0 Å². The standard InChI is InChI=1S/C14H16ClNO/c1-3-6-12(8-4-7-11(2)15)13-9-5-10-14(17)16-13/h4-10H,3H2,1-2H3,(H,16,17)/b8-4-,11-7+,12-6-. The Bertz CT molecular complexity index is 505. The molecule has 0 spiro atoms. The zero-order valence-electron chi connectivity index (χ0n) is 10.0. The van der Waals surface area contributed by atoms with E-state index in [9.17, 15) is 4.79 Å². The maximum Gasteiger partial charge on any atom is 0.248 e. The van der Waals surface area contributed by atoms with Crippen molar-refractivity contribution >= 4 is 17.2 Å². The van der Waals surface area contributed by atoms with Crippen molar-refractivity contribution in [2.75, 3.05) is 0 Å². The fourth-order valence-corrected chi connectivity index (χ4v) is 1.46. The Morgan fingerprint density at radius 2 is 2.24 bits per heavy atom. The van der Waals surface area contributed by atoms with Crippen LogP contribution in [0, 0.1) is 0 Å². The number of halogens is 1. The van der Waals surface area contributed by atoms with Gasteiger partial charge in [-0.25, -0.2) is 0 Å². The molecule has 0 bridgehead atoms. The van der Waals surface area contributed by atoms with Crippen molar-refractivity contribution in [3.05, 3.63) is 63.6 Å². The van der Waals surface area contributed by atoms with Crippen LogP contribution in [-0.2, 0) is 0 Å². The molecular formula is C14H16ClNO. The van der Waals surface area contributed by atoms with E-state index in [1.54, 1.807) is 6.07 Å². The molecule has 0 fully saturated rings. The van der Waals surface area contributed by atoms with Crippen LogP contribution in [0.1, 0.15) is 26.0 Å². The third kappa shape index (κ3) is 4.87. The lowest BCUT2D eigenvalue weighted by Gasteiger charge is -2.01. The van der Waals surface area contributed by atoms with Gasteiger partial charge < -0.3 is 4.98 Å². The van der Waals surface area contributed by atoms with Crippen molar-refractivity contribution in [3.8, 4) is 0 Å². The Morgan fingerprint density at radius 3 is 2.82 bits per heavy atom. The minimum atomic E-state index is -0.0954. The van der Waals surface area contributed by atoms with E-state index in [1.807, 2.05) is 31.2 Å². The summed E-state index contributed by atoms with van der Waals surface area (Å²) < 4.78 is 0. The van der Waals surface area contributed by atoms with Crippen LogP contribution in [0.2, 0.25) is 0 Å². The Kier molecular flexibility index (Phi) is 5.50. The first-order valence-electron chi connectivity index (χ1n) is 5.54.